The van der Waals surface area contributed by atoms with Crippen LogP contribution in [0.5, 0.6) is 0 Å². The molecule has 1 heterocycles. The van der Waals surface area contributed by atoms with Crippen LogP contribution in [0.4, 0.5) is 20.4 Å². The zero-order valence-electron chi connectivity index (χ0n) is 8.37. The number of rotatable bonds is 2. The Morgan fingerprint density at radius 3 is 2.82 bits per heavy atom. The number of carbonyl (C=O) groups is 1. The van der Waals surface area contributed by atoms with Crippen LogP contribution in [0.25, 0.3) is 0 Å². The van der Waals surface area contributed by atoms with Gasteiger partial charge in [0.1, 0.15) is 0 Å². The summed E-state index contributed by atoms with van der Waals surface area (Å²) in [5.74, 6) is -3.27. The first-order valence-electron chi connectivity index (χ1n) is 4.51. The smallest absolute Gasteiger partial charge is 0.293 e. The molecule has 6 nitrogen and oxygen atoms in total. The fourth-order valence-electron chi connectivity index (χ4n) is 1.16. The van der Waals surface area contributed by atoms with Crippen LogP contribution >= 0.6 is 0 Å². The number of nitrogens with zero attached hydrogens (tertiary/aromatic N) is 2. The van der Waals surface area contributed by atoms with Crippen LogP contribution in [-0.2, 0) is 0 Å². The third-order valence-electron chi connectivity index (χ3n) is 1.92. The number of aromatic nitrogens is 3. The normalized spacial score (nSPS) is 10.2. The Morgan fingerprint density at radius 1 is 1.41 bits per heavy atom. The molecule has 1 amide bonds. The second-order valence-corrected chi connectivity index (χ2v) is 3.10. The van der Waals surface area contributed by atoms with Crippen molar-refractivity contribution in [2.24, 2.45) is 0 Å². The van der Waals surface area contributed by atoms with Crippen molar-refractivity contribution in [1.29, 1.82) is 0 Å². The Morgan fingerprint density at radius 2 is 2.18 bits per heavy atom. The molecule has 0 spiro atoms. The number of nitrogen functional groups attached to an aromatic ring is 1. The number of nitrogens with one attached hydrogen (secondary N) is 2. The first kappa shape index (κ1) is 11.0. The summed E-state index contributed by atoms with van der Waals surface area (Å²) < 4.78 is 26.1. The second kappa shape index (κ2) is 4.16. The number of amides is 1. The topological polar surface area (TPSA) is 96.7 Å². The molecule has 2 aromatic rings. The predicted molar refractivity (Wildman–Crippen MR) is 55.1 cm³/mol. The van der Waals surface area contributed by atoms with Crippen molar-refractivity contribution in [3.63, 3.8) is 0 Å². The minimum Gasteiger partial charge on any atom is -0.366 e. The molecular weight excluding hydrogens is 232 g/mol. The van der Waals surface area contributed by atoms with Gasteiger partial charge in [-0.1, -0.05) is 6.07 Å². The van der Waals surface area contributed by atoms with Gasteiger partial charge in [0, 0.05) is 0 Å². The van der Waals surface area contributed by atoms with Crippen LogP contribution in [0.3, 0.4) is 0 Å². The van der Waals surface area contributed by atoms with Gasteiger partial charge in [-0.05, 0) is 12.1 Å². The zero-order valence-corrected chi connectivity index (χ0v) is 8.37. The number of aromatic amines is 1. The summed E-state index contributed by atoms with van der Waals surface area (Å²) in [6.45, 7) is 0. The van der Waals surface area contributed by atoms with Gasteiger partial charge in [-0.25, -0.2) is 8.78 Å². The summed E-state index contributed by atoms with van der Waals surface area (Å²) in [5.41, 5.74) is 4.91. The van der Waals surface area contributed by atoms with Crippen molar-refractivity contribution in [3.8, 4) is 0 Å². The molecule has 0 radical (unpaired) electrons. The number of halogens is 2. The molecule has 0 fully saturated rings. The first-order chi connectivity index (χ1) is 8.08. The molecule has 0 atom stereocenters. The maximum Gasteiger partial charge on any atom is 0.293 e. The van der Waals surface area contributed by atoms with Gasteiger partial charge in [0.15, 0.2) is 11.6 Å². The minimum absolute atomic E-state index is 0.116. The fourth-order valence-corrected chi connectivity index (χ4v) is 1.16. The molecule has 0 aliphatic rings. The van der Waals surface area contributed by atoms with E-state index < -0.39 is 17.5 Å². The Bertz CT molecular complexity index is 568. The monoisotopic (exact) mass is 239 g/mol. The molecule has 0 unspecified atom stereocenters. The standard InChI is InChI=1S/C9H7F2N5O/c10-4-2-1-3-5(6(4)11)13-8(17)7-14-9(12)16-15-7/h1-3H,(H,13,17)(H3,12,14,15,16). The molecule has 0 bridgehead atoms. The molecule has 1 aromatic carbocycles. The van der Waals surface area contributed by atoms with E-state index >= 15 is 0 Å². The minimum atomic E-state index is -1.15. The summed E-state index contributed by atoms with van der Waals surface area (Å²) in [6, 6.07) is 3.43. The van der Waals surface area contributed by atoms with Crippen LogP contribution in [-0.4, -0.2) is 21.1 Å². The summed E-state index contributed by atoms with van der Waals surface area (Å²) in [4.78, 5) is 15.0. The van der Waals surface area contributed by atoms with E-state index in [0.717, 1.165) is 6.07 Å². The Labute approximate surface area is 93.9 Å². The Balaban J connectivity index is 2.21. The average molecular weight is 239 g/mol. The van der Waals surface area contributed by atoms with Crippen LogP contribution in [0.2, 0.25) is 0 Å². The lowest BCUT2D eigenvalue weighted by atomic mass is 10.3. The maximum atomic E-state index is 13.2. The third-order valence-corrected chi connectivity index (χ3v) is 1.92. The zero-order chi connectivity index (χ0) is 12.4. The molecule has 0 aliphatic carbocycles. The van der Waals surface area contributed by atoms with Crippen molar-refractivity contribution >= 4 is 17.5 Å². The molecule has 0 saturated carbocycles. The van der Waals surface area contributed by atoms with E-state index in [-0.39, 0.29) is 17.5 Å². The molecule has 0 aliphatic heterocycles. The lowest BCUT2D eigenvalue weighted by molar-refractivity contribution is 0.101. The Hall–Kier alpha value is -2.51. The molecule has 4 N–H and O–H groups in total. The van der Waals surface area contributed by atoms with Gasteiger partial charge in [-0.3, -0.25) is 9.89 Å². The van der Waals surface area contributed by atoms with Gasteiger partial charge in [0.2, 0.25) is 11.8 Å². The van der Waals surface area contributed by atoms with E-state index in [4.69, 9.17) is 5.73 Å². The Kier molecular flexibility index (Phi) is 2.69. The van der Waals surface area contributed by atoms with Gasteiger partial charge in [0.05, 0.1) is 5.69 Å². The van der Waals surface area contributed by atoms with Crippen LogP contribution in [0.1, 0.15) is 10.6 Å². The highest BCUT2D eigenvalue weighted by atomic mass is 19.2. The largest absolute Gasteiger partial charge is 0.366 e. The lowest BCUT2D eigenvalue weighted by Gasteiger charge is -2.04. The van der Waals surface area contributed by atoms with Gasteiger partial charge >= 0.3 is 0 Å². The van der Waals surface area contributed by atoms with Crippen molar-refractivity contribution in [1.82, 2.24) is 15.2 Å². The highest BCUT2D eigenvalue weighted by molar-refractivity contribution is 6.01. The predicted octanol–water partition coefficient (Wildman–Crippen LogP) is 0.917. The van der Waals surface area contributed by atoms with Crippen LogP contribution in [0.15, 0.2) is 18.2 Å². The molecule has 88 valence electrons. The maximum absolute atomic E-state index is 13.2. The van der Waals surface area contributed by atoms with Gasteiger partial charge < -0.3 is 11.1 Å². The fraction of sp³-hybridized carbons (Fsp3) is 0. The van der Waals surface area contributed by atoms with Crippen molar-refractivity contribution in [3.05, 3.63) is 35.7 Å². The van der Waals surface area contributed by atoms with E-state index in [9.17, 15) is 13.6 Å². The molecule has 17 heavy (non-hydrogen) atoms. The van der Waals surface area contributed by atoms with E-state index in [1.165, 1.54) is 12.1 Å². The number of hydrogen-bond acceptors (Lipinski definition) is 4. The number of anilines is 2. The molecule has 2 rings (SSSR count). The van der Waals surface area contributed by atoms with Gasteiger partial charge in [-0.15, -0.1) is 5.10 Å². The highest BCUT2D eigenvalue weighted by Crippen LogP contribution is 2.16. The summed E-state index contributed by atoms with van der Waals surface area (Å²) in [5, 5.41) is 7.81. The summed E-state index contributed by atoms with van der Waals surface area (Å²) in [7, 11) is 0. The number of hydrogen-bond donors (Lipinski definition) is 3. The van der Waals surface area contributed by atoms with Crippen molar-refractivity contribution in [2.75, 3.05) is 11.1 Å². The van der Waals surface area contributed by atoms with E-state index in [0.29, 0.717) is 0 Å². The average Bonchev–Trinajstić information content (AvgIpc) is 2.72. The SMILES string of the molecule is Nc1n[nH]c(C(=O)Nc2cccc(F)c2F)n1. The highest BCUT2D eigenvalue weighted by Gasteiger charge is 2.14. The number of nitrogens with two attached hydrogens (primary N) is 1. The van der Waals surface area contributed by atoms with E-state index in [1.54, 1.807) is 0 Å². The van der Waals surface area contributed by atoms with Crippen LogP contribution in [0, 0.1) is 11.6 Å². The van der Waals surface area contributed by atoms with Crippen LogP contribution < -0.4 is 11.1 Å². The molecular formula is C9H7F2N5O. The van der Waals surface area contributed by atoms with Gasteiger partial charge in [-0.2, -0.15) is 4.98 Å². The van der Waals surface area contributed by atoms with Gasteiger partial charge in [0.25, 0.3) is 5.91 Å². The summed E-state index contributed by atoms with van der Waals surface area (Å²) >= 11 is 0. The lowest BCUT2D eigenvalue weighted by Crippen LogP contribution is -2.15. The second-order valence-electron chi connectivity index (χ2n) is 3.10. The molecule has 8 heteroatoms. The third kappa shape index (κ3) is 2.19. The quantitative estimate of drug-likeness (QED) is 0.725. The van der Waals surface area contributed by atoms with Crippen molar-refractivity contribution in [2.45, 2.75) is 0 Å². The van der Waals surface area contributed by atoms with E-state index in [2.05, 4.69) is 20.5 Å². The summed E-state index contributed by atoms with van der Waals surface area (Å²) in [6.07, 6.45) is 0. The number of H-pyrrole nitrogens is 1. The molecule has 1 aromatic heterocycles. The number of benzene rings is 1. The number of carbonyl (C=O) groups excluding carboxylic acids is 1. The van der Waals surface area contributed by atoms with Crippen molar-refractivity contribution < 1.29 is 13.6 Å². The molecule has 0 saturated heterocycles. The van der Waals surface area contributed by atoms with E-state index in [1.807, 2.05) is 0 Å². The first-order valence-corrected chi connectivity index (χ1v) is 4.51.